The molecular weight excluding hydrogens is 346 g/mol. The number of nitrogens with zero attached hydrogens (tertiary/aromatic N) is 4. The predicted octanol–water partition coefficient (Wildman–Crippen LogP) is 2.31. The summed E-state index contributed by atoms with van der Waals surface area (Å²) in [6.45, 7) is 5.00. The average molecular weight is 365 g/mol. The summed E-state index contributed by atoms with van der Waals surface area (Å²) in [7, 11) is 0. The lowest BCUT2D eigenvalue weighted by Crippen LogP contribution is -2.27. The molecule has 1 aliphatic rings. The number of pyridine rings is 1. The van der Waals surface area contributed by atoms with E-state index in [1.807, 2.05) is 19.9 Å². The van der Waals surface area contributed by atoms with Crippen LogP contribution in [0.5, 0.6) is 0 Å². The molecule has 8 heteroatoms. The van der Waals surface area contributed by atoms with E-state index in [4.69, 9.17) is 4.84 Å². The third-order valence-corrected chi connectivity index (χ3v) is 4.49. The molecule has 0 bridgehead atoms. The highest BCUT2D eigenvalue weighted by Crippen LogP contribution is 2.21. The van der Waals surface area contributed by atoms with Crippen LogP contribution in [0.2, 0.25) is 0 Å². The molecule has 1 N–H and O–H groups in total. The van der Waals surface area contributed by atoms with Gasteiger partial charge in [-0.3, -0.25) is 14.4 Å². The molecule has 4 rings (SSSR count). The summed E-state index contributed by atoms with van der Waals surface area (Å²) in [5.74, 6) is -0.176. The molecule has 3 heterocycles. The minimum absolute atomic E-state index is 0.209. The molecule has 8 nitrogen and oxygen atoms in total. The van der Waals surface area contributed by atoms with E-state index in [2.05, 4.69) is 15.4 Å². The summed E-state index contributed by atoms with van der Waals surface area (Å²) in [4.78, 5) is 34.7. The van der Waals surface area contributed by atoms with E-state index in [0.29, 0.717) is 41.5 Å². The number of carbonyl (C=O) groups is 2. The number of nitrogens with one attached hydrogen (secondary N) is 1. The topological polar surface area (TPSA) is 88.8 Å². The van der Waals surface area contributed by atoms with Crippen molar-refractivity contribution in [3.05, 3.63) is 59.5 Å². The number of hydrogen-bond acceptors (Lipinski definition) is 5. The molecule has 3 aromatic rings. The van der Waals surface area contributed by atoms with Gasteiger partial charge in [0.05, 0.1) is 13.2 Å². The quantitative estimate of drug-likeness (QED) is 0.769. The van der Waals surface area contributed by atoms with Crippen LogP contribution in [-0.4, -0.2) is 44.6 Å². The van der Waals surface area contributed by atoms with Crippen LogP contribution in [0.3, 0.4) is 0 Å². The van der Waals surface area contributed by atoms with Gasteiger partial charge in [0.15, 0.2) is 5.65 Å². The van der Waals surface area contributed by atoms with Crippen molar-refractivity contribution >= 4 is 23.1 Å². The minimum atomic E-state index is -0.278. The van der Waals surface area contributed by atoms with Crippen LogP contribution >= 0.6 is 0 Å². The standard InChI is InChI=1S/C19H19N5O3/c1-12-9-24(27-10-12)19(26)15-4-3-13(2)16(7-15)22-18(25)14-5-6-23-17(8-14)20-11-21-23/h3-8,11-12H,9-10H2,1-2H3,(H,22,25). The van der Waals surface area contributed by atoms with Crippen molar-refractivity contribution in [1.29, 1.82) is 0 Å². The molecule has 1 unspecified atom stereocenters. The van der Waals surface area contributed by atoms with E-state index >= 15 is 0 Å². The number of fused-ring (bicyclic) bond motifs is 1. The fourth-order valence-corrected chi connectivity index (χ4v) is 2.93. The van der Waals surface area contributed by atoms with Gasteiger partial charge in [-0.15, -0.1) is 0 Å². The van der Waals surface area contributed by atoms with Gasteiger partial charge in [0, 0.05) is 28.9 Å². The minimum Gasteiger partial charge on any atom is -0.322 e. The normalized spacial score (nSPS) is 16.7. The van der Waals surface area contributed by atoms with Crippen LogP contribution < -0.4 is 5.32 Å². The Bertz CT molecular complexity index is 1030. The third-order valence-electron chi connectivity index (χ3n) is 4.49. The highest BCUT2D eigenvalue weighted by molar-refractivity contribution is 6.06. The first-order chi connectivity index (χ1) is 13.0. The Morgan fingerprint density at radius 2 is 2.07 bits per heavy atom. The van der Waals surface area contributed by atoms with E-state index in [1.54, 1.807) is 35.0 Å². The number of anilines is 1. The smallest absolute Gasteiger partial charge is 0.277 e. The SMILES string of the molecule is Cc1ccc(C(=O)N2CC(C)CO2)cc1NC(=O)c1ccn2ncnc2c1. The Hall–Kier alpha value is -3.26. The lowest BCUT2D eigenvalue weighted by Gasteiger charge is -2.16. The second-order valence-electron chi connectivity index (χ2n) is 6.73. The zero-order valence-electron chi connectivity index (χ0n) is 15.0. The monoisotopic (exact) mass is 365 g/mol. The van der Waals surface area contributed by atoms with Crippen molar-refractivity contribution < 1.29 is 14.4 Å². The van der Waals surface area contributed by atoms with Crippen LogP contribution in [0.15, 0.2) is 42.9 Å². The molecule has 1 aromatic carbocycles. The summed E-state index contributed by atoms with van der Waals surface area (Å²) >= 11 is 0. The van der Waals surface area contributed by atoms with Gasteiger partial charge in [-0.05, 0) is 36.8 Å². The predicted molar refractivity (Wildman–Crippen MR) is 98.3 cm³/mol. The zero-order chi connectivity index (χ0) is 19.0. The summed E-state index contributed by atoms with van der Waals surface area (Å²) in [6.07, 6.45) is 3.10. The van der Waals surface area contributed by atoms with Crippen LogP contribution in [0.4, 0.5) is 5.69 Å². The first-order valence-corrected chi connectivity index (χ1v) is 8.67. The van der Waals surface area contributed by atoms with Crippen molar-refractivity contribution in [3.63, 3.8) is 0 Å². The molecule has 138 valence electrons. The number of carbonyl (C=O) groups excluding carboxylic acids is 2. The van der Waals surface area contributed by atoms with Gasteiger partial charge in [-0.1, -0.05) is 13.0 Å². The number of aryl methyl sites for hydroxylation is 1. The molecule has 27 heavy (non-hydrogen) atoms. The third kappa shape index (κ3) is 3.39. The van der Waals surface area contributed by atoms with Crippen molar-refractivity contribution in [1.82, 2.24) is 19.7 Å². The van der Waals surface area contributed by atoms with Gasteiger partial charge in [0.1, 0.15) is 6.33 Å². The van der Waals surface area contributed by atoms with Gasteiger partial charge in [-0.25, -0.2) is 14.6 Å². The maximum atomic E-state index is 12.6. The Balaban J connectivity index is 1.56. The van der Waals surface area contributed by atoms with Gasteiger partial charge in [0.2, 0.25) is 0 Å². The van der Waals surface area contributed by atoms with Gasteiger partial charge < -0.3 is 5.32 Å². The van der Waals surface area contributed by atoms with Crippen LogP contribution in [0, 0.1) is 12.8 Å². The first kappa shape index (κ1) is 17.2. The summed E-state index contributed by atoms with van der Waals surface area (Å²) in [5, 5.41) is 8.26. The highest BCUT2D eigenvalue weighted by atomic mass is 16.7. The van der Waals surface area contributed by atoms with Crippen molar-refractivity contribution in [3.8, 4) is 0 Å². The van der Waals surface area contributed by atoms with E-state index in [0.717, 1.165) is 5.56 Å². The molecular formula is C19H19N5O3. The highest BCUT2D eigenvalue weighted by Gasteiger charge is 2.26. The second kappa shape index (κ2) is 6.81. The molecule has 2 amide bonds. The Morgan fingerprint density at radius 1 is 1.22 bits per heavy atom. The summed E-state index contributed by atoms with van der Waals surface area (Å²) < 4.78 is 1.58. The molecule has 0 spiro atoms. The number of hydrogen-bond donors (Lipinski definition) is 1. The van der Waals surface area contributed by atoms with E-state index in [1.165, 1.54) is 11.4 Å². The maximum Gasteiger partial charge on any atom is 0.277 e. The van der Waals surface area contributed by atoms with Crippen LogP contribution in [0.1, 0.15) is 33.2 Å². The average Bonchev–Trinajstić information content (AvgIpc) is 3.31. The van der Waals surface area contributed by atoms with Gasteiger partial charge in [-0.2, -0.15) is 5.10 Å². The maximum absolute atomic E-state index is 12.6. The Kier molecular flexibility index (Phi) is 4.33. The summed E-state index contributed by atoms with van der Waals surface area (Å²) in [5.41, 5.74) is 2.96. The van der Waals surface area contributed by atoms with Crippen molar-refractivity contribution in [2.75, 3.05) is 18.5 Å². The van der Waals surface area contributed by atoms with Gasteiger partial charge in [0.25, 0.3) is 11.8 Å². The Morgan fingerprint density at radius 3 is 2.85 bits per heavy atom. The number of amides is 2. The largest absolute Gasteiger partial charge is 0.322 e. The molecule has 0 saturated carbocycles. The fourth-order valence-electron chi connectivity index (χ4n) is 2.93. The van der Waals surface area contributed by atoms with Crippen molar-refractivity contribution in [2.45, 2.75) is 13.8 Å². The molecule has 2 aromatic heterocycles. The number of aromatic nitrogens is 3. The molecule has 0 radical (unpaired) electrons. The lowest BCUT2D eigenvalue weighted by molar-refractivity contribution is -0.0772. The van der Waals surface area contributed by atoms with Crippen LogP contribution in [-0.2, 0) is 4.84 Å². The molecule has 1 saturated heterocycles. The van der Waals surface area contributed by atoms with Crippen molar-refractivity contribution in [2.24, 2.45) is 5.92 Å². The van der Waals surface area contributed by atoms with E-state index in [-0.39, 0.29) is 11.8 Å². The molecule has 1 fully saturated rings. The van der Waals surface area contributed by atoms with Crippen LogP contribution in [0.25, 0.3) is 5.65 Å². The lowest BCUT2D eigenvalue weighted by atomic mass is 10.1. The second-order valence-corrected chi connectivity index (χ2v) is 6.73. The van der Waals surface area contributed by atoms with Gasteiger partial charge >= 0.3 is 0 Å². The molecule has 0 aliphatic carbocycles. The Labute approximate surface area is 155 Å². The molecule has 1 atom stereocenters. The fraction of sp³-hybridized carbons (Fsp3) is 0.263. The van der Waals surface area contributed by atoms with E-state index < -0.39 is 0 Å². The number of hydroxylamine groups is 2. The zero-order valence-corrected chi connectivity index (χ0v) is 15.0. The first-order valence-electron chi connectivity index (χ1n) is 8.67. The summed E-state index contributed by atoms with van der Waals surface area (Å²) in [6, 6.07) is 8.55. The van der Waals surface area contributed by atoms with E-state index in [9.17, 15) is 9.59 Å². The number of benzene rings is 1. The molecule has 1 aliphatic heterocycles. The number of rotatable bonds is 3.